The highest BCUT2D eigenvalue weighted by Crippen LogP contribution is 2.31. The van der Waals surface area contributed by atoms with Crippen LogP contribution in [-0.2, 0) is 6.54 Å². The van der Waals surface area contributed by atoms with Crippen molar-refractivity contribution in [3.05, 3.63) is 53.1 Å². The number of rotatable bonds is 2. The van der Waals surface area contributed by atoms with Crippen LogP contribution in [0.2, 0.25) is 5.02 Å². The zero-order valence-corrected chi connectivity index (χ0v) is 10.3. The van der Waals surface area contributed by atoms with E-state index in [1.165, 1.54) is 0 Å². The fourth-order valence-electron chi connectivity index (χ4n) is 2.03. The number of nitrogens with two attached hydrogens (primary N) is 1. The molecule has 0 saturated heterocycles. The lowest BCUT2D eigenvalue weighted by Crippen LogP contribution is -1.98. The van der Waals surface area contributed by atoms with Crippen molar-refractivity contribution in [2.75, 3.05) is 0 Å². The summed E-state index contributed by atoms with van der Waals surface area (Å²) in [5.74, 6) is 0. The molecule has 3 aromatic rings. The van der Waals surface area contributed by atoms with Gasteiger partial charge < -0.3 is 10.3 Å². The Morgan fingerprint density at radius 3 is 2.83 bits per heavy atom. The van der Waals surface area contributed by atoms with Gasteiger partial charge in [0.15, 0.2) is 5.58 Å². The summed E-state index contributed by atoms with van der Waals surface area (Å²) in [6.07, 6.45) is 0. The maximum Gasteiger partial charge on any atom is 0.169 e. The number of halogens is 1. The highest BCUT2D eigenvalue weighted by Gasteiger charge is 2.13. The molecule has 1 aromatic heterocycles. The molecule has 0 atom stereocenters. The molecule has 0 aliphatic carbocycles. The molecule has 0 bridgehead atoms. The molecule has 0 unspecified atom stereocenters. The first-order chi connectivity index (χ1) is 8.79. The molecule has 3 nitrogen and oxygen atoms in total. The Kier molecular flexibility index (Phi) is 2.78. The Morgan fingerprint density at radius 1 is 1.17 bits per heavy atom. The second kappa shape index (κ2) is 4.44. The van der Waals surface area contributed by atoms with Crippen molar-refractivity contribution < 1.29 is 4.52 Å². The van der Waals surface area contributed by atoms with E-state index in [2.05, 4.69) is 5.16 Å². The van der Waals surface area contributed by atoms with Crippen molar-refractivity contribution in [3.63, 3.8) is 0 Å². The molecular weight excluding hydrogens is 248 g/mol. The quantitative estimate of drug-likeness (QED) is 0.764. The van der Waals surface area contributed by atoms with E-state index >= 15 is 0 Å². The third-order valence-corrected chi connectivity index (χ3v) is 3.16. The molecule has 2 N–H and O–H groups in total. The minimum absolute atomic E-state index is 0.470. The molecule has 0 spiro atoms. The summed E-state index contributed by atoms with van der Waals surface area (Å²) in [7, 11) is 0. The Hall–Kier alpha value is -1.84. The normalized spacial score (nSPS) is 11.0. The van der Waals surface area contributed by atoms with Crippen LogP contribution in [0.1, 0.15) is 5.56 Å². The Balaban J connectivity index is 2.26. The summed E-state index contributed by atoms with van der Waals surface area (Å²) in [6.45, 7) is 0.470. The SMILES string of the molecule is NCc1ccccc1-c1noc2cc(Cl)ccc12. The molecule has 0 radical (unpaired) electrons. The van der Waals surface area contributed by atoms with E-state index in [0.29, 0.717) is 17.2 Å². The van der Waals surface area contributed by atoms with Crippen molar-refractivity contribution in [1.29, 1.82) is 0 Å². The van der Waals surface area contributed by atoms with Gasteiger partial charge in [-0.25, -0.2) is 0 Å². The Bertz CT molecular complexity index is 706. The van der Waals surface area contributed by atoms with Gasteiger partial charge in [-0.05, 0) is 17.7 Å². The molecule has 1 heterocycles. The predicted molar refractivity (Wildman–Crippen MR) is 72.3 cm³/mol. The van der Waals surface area contributed by atoms with E-state index in [4.69, 9.17) is 21.9 Å². The monoisotopic (exact) mass is 258 g/mol. The maximum atomic E-state index is 5.92. The first-order valence-electron chi connectivity index (χ1n) is 5.63. The minimum Gasteiger partial charge on any atom is -0.356 e. The van der Waals surface area contributed by atoms with E-state index in [-0.39, 0.29) is 0 Å². The van der Waals surface area contributed by atoms with E-state index in [0.717, 1.165) is 22.2 Å². The fraction of sp³-hybridized carbons (Fsp3) is 0.0714. The van der Waals surface area contributed by atoms with Crippen LogP contribution in [0.25, 0.3) is 22.2 Å². The average Bonchev–Trinajstić information content (AvgIpc) is 2.81. The van der Waals surface area contributed by atoms with Gasteiger partial charge in [0.1, 0.15) is 5.69 Å². The summed E-state index contributed by atoms with van der Waals surface area (Å²) in [5, 5.41) is 5.71. The van der Waals surface area contributed by atoms with Gasteiger partial charge in [-0.3, -0.25) is 0 Å². The van der Waals surface area contributed by atoms with Crippen LogP contribution < -0.4 is 5.73 Å². The molecule has 90 valence electrons. The van der Waals surface area contributed by atoms with Crippen molar-refractivity contribution in [2.24, 2.45) is 5.73 Å². The van der Waals surface area contributed by atoms with Gasteiger partial charge in [0.05, 0.1) is 0 Å². The third-order valence-electron chi connectivity index (χ3n) is 2.93. The Morgan fingerprint density at radius 2 is 2.00 bits per heavy atom. The molecular formula is C14H11ClN2O. The lowest BCUT2D eigenvalue weighted by Gasteiger charge is -2.04. The highest BCUT2D eigenvalue weighted by molar-refractivity contribution is 6.31. The Labute approximate surface area is 109 Å². The third kappa shape index (κ3) is 1.78. The summed E-state index contributed by atoms with van der Waals surface area (Å²) in [5.41, 5.74) is 9.28. The number of fused-ring (bicyclic) bond motifs is 1. The van der Waals surface area contributed by atoms with Gasteiger partial charge in [0.2, 0.25) is 0 Å². The number of nitrogens with zero attached hydrogens (tertiary/aromatic N) is 1. The lowest BCUT2D eigenvalue weighted by molar-refractivity contribution is 0.459. The van der Waals surface area contributed by atoms with E-state index in [9.17, 15) is 0 Å². The second-order valence-corrected chi connectivity index (χ2v) is 4.47. The zero-order valence-electron chi connectivity index (χ0n) is 9.56. The van der Waals surface area contributed by atoms with Gasteiger partial charge in [-0.15, -0.1) is 0 Å². The van der Waals surface area contributed by atoms with E-state index in [1.807, 2.05) is 36.4 Å². The van der Waals surface area contributed by atoms with Gasteiger partial charge in [0.25, 0.3) is 0 Å². The fourth-order valence-corrected chi connectivity index (χ4v) is 2.20. The van der Waals surface area contributed by atoms with Crippen LogP contribution in [-0.4, -0.2) is 5.16 Å². The lowest BCUT2D eigenvalue weighted by atomic mass is 10.0. The van der Waals surface area contributed by atoms with Crippen molar-refractivity contribution >= 4 is 22.6 Å². The van der Waals surface area contributed by atoms with Crippen molar-refractivity contribution in [1.82, 2.24) is 5.16 Å². The van der Waals surface area contributed by atoms with Crippen LogP contribution in [0.3, 0.4) is 0 Å². The van der Waals surface area contributed by atoms with E-state index in [1.54, 1.807) is 6.07 Å². The van der Waals surface area contributed by atoms with Crippen LogP contribution in [0, 0.1) is 0 Å². The van der Waals surface area contributed by atoms with Crippen molar-refractivity contribution in [2.45, 2.75) is 6.54 Å². The molecule has 0 saturated carbocycles. The highest BCUT2D eigenvalue weighted by atomic mass is 35.5. The molecule has 0 amide bonds. The van der Waals surface area contributed by atoms with Gasteiger partial charge in [-0.1, -0.05) is 41.0 Å². The summed E-state index contributed by atoms with van der Waals surface area (Å²) < 4.78 is 5.31. The first-order valence-corrected chi connectivity index (χ1v) is 6.00. The first kappa shape index (κ1) is 11.3. The number of benzene rings is 2. The molecule has 0 fully saturated rings. The maximum absolute atomic E-state index is 5.92. The summed E-state index contributed by atoms with van der Waals surface area (Å²) >= 11 is 5.92. The standard InChI is InChI=1S/C14H11ClN2O/c15-10-5-6-12-13(7-10)18-17-14(12)11-4-2-1-3-9(11)8-16/h1-7H,8,16H2. The smallest absolute Gasteiger partial charge is 0.169 e. The summed E-state index contributed by atoms with van der Waals surface area (Å²) in [6, 6.07) is 13.4. The average molecular weight is 259 g/mol. The minimum atomic E-state index is 0.470. The van der Waals surface area contributed by atoms with E-state index < -0.39 is 0 Å². The molecule has 18 heavy (non-hydrogen) atoms. The number of aromatic nitrogens is 1. The largest absolute Gasteiger partial charge is 0.356 e. The van der Waals surface area contributed by atoms with Crippen LogP contribution in [0.4, 0.5) is 0 Å². The molecule has 0 aliphatic rings. The van der Waals surface area contributed by atoms with Gasteiger partial charge in [0, 0.05) is 28.6 Å². The number of hydrogen-bond donors (Lipinski definition) is 1. The predicted octanol–water partition coefficient (Wildman–Crippen LogP) is 3.61. The molecule has 3 rings (SSSR count). The van der Waals surface area contributed by atoms with Crippen molar-refractivity contribution in [3.8, 4) is 11.3 Å². The topological polar surface area (TPSA) is 52.0 Å². The van der Waals surface area contributed by atoms with Gasteiger partial charge >= 0.3 is 0 Å². The van der Waals surface area contributed by atoms with Gasteiger partial charge in [-0.2, -0.15) is 0 Å². The zero-order chi connectivity index (χ0) is 12.5. The van der Waals surface area contributed by atoms with Crippen LogP contribution in [0.5, 0.6) is 0 Å². The molecule has 0 aliphatic heterocycles. The molecule has 4 heteroatoms. The van der Waals surface area contributed by atoms with Crippen LogP contribution in [0.15, 0.2) is 47.0 Å². The number of hydrogen-bond acceptors (Lipinski definition) is 3. The second-order valence-electron chi connectivity index (χ2n) is 4.03. The van der Waals surface area contributed by atoms with Crippen LogP contribution >= 0.6 is 11.6 Å². The molecule has 2 aromatic carbocycles. The summed E-state index contributed by atoms with van der Waals surface area (Å²) in [4.78, 5) is 0.